The van der Waals surface area contributed by atoms with Gasteiger partial charge in [-0.1, -0.05) is 20.8 Å². The van der Waals surface area contributed by atoms with Crippen LogP contribution < -0.4 is 0 Å². The molecule has 0 N–H and O–H groups in total. The molecule has 0 amide bonds. The Hall–Kier alpha value is 0.200. The van der Waals surface area contributed by atoms with Gasteiger partial charge in [-0.2, -0.15) is 0 Å². The fourth-order valence-corrected chi connectivity index (χ4v) is 2.40. The predicted octanol–water partition coefficient (Wildman–Crippen LogP) is 3.18. The molecule has 0 saturated heterocycles. The molecule has 0 aromatic rings. The molecule has 0 spiro atoms. The van der Waals surface area contributed by atoms with Crippen molar-refractivity contribution < 1.29 is 13.2 Å². The summed E-state index contributed by atoms with van der Waals surface area (Å²) in [6.07, 6.45) is 3.90. The Kier molecular flexibility index (Phi) is 8.42. The summed E-state index contributed by atoms with van der Waals surface area (Å²) in [5, 5.41) is 0. The van der Waals surface area contributed by atoms with E-state index in [1.54, 1.807) is 0 Å². The van der Waals surface area contributed by atoms with Crippen LogP contribution in [-0.4, -0.2) is 26.9 Å². The van der Waals surface area contributed by atoms with E-state index in [0.29, 0.717) is 25.0 Å². The first-order valence-electron chi connectivity index (χ1n) is 5.93. The number of hydrogen-bond donors (Lipinski definition) is 0. The lowest BCUT2D eigenvalue weighted by Crippen LogP contribution is -2.13. The van der Waals surface area contributed by atoms with Gasteiger partial charge in [0.05, 0.1) is 11.9 Å². The van der Waals surface area contributed by atoms with Gasteiger partial charge in [-0.05, 0) is 31.6 Å². The molecule has 0 aliphatic carbocycles. The lowest BCUT2D eigenvalue weighted by molar-refractivity contribution is 0.0406. The zero-order valence-corrected chi connectivity index (χ0v) is 12.0. The molecule has 16 heavy (non-hydrogen) atoms. The highest BCUT2D eigenvalue weighted by molar-refractivity contribution is 8.13. The largest absolute Gasteiger partial charge is 0.378 e. The minimum Gasteiger partial charge on any atom is -0.378 e. The van der Waals surface area contributed by atoms with Crippen molar-refractivity contribution in [2.75, 3.05) is 12.4 Å². The average molecular weight is 271 g/mol. The van der Waals surface area contributed by atoms with Crippen molar-refractivity contribution in [3.63, 3.8) is 0 Å². The van der Waals surface area contributed by atoms with Crippen LogP contribution in [0.3, 0.4) is 0 Å². The molecule has 0 bridgehead atoms. The van der Waals surface area contributed by atoms with Crippen molar-refractivity contribution in [2.45, 2.75) is 52.6 Å². The van der Waals surface area contributed by atoms with Crippen LogP contribution in [0.4, 0.5) is 0 Å². The minimum atomic E-state index is -3.34. The van der Waals surface area contributed by atoms with E-state index in [2.05, 4.69) is 13.8 Å². The summed E-state index contributed by atoms with van der Waals surface area (Å²) >= 11 is 0. The van der Waals surface area contributed by atoms with E-state index in [1.165, 1.54) is 0 Å². The third-order valence-corrected chi connectivity index (χ3v) is 3.92. The van der Waals surface area contributed by atoms with Gasteiger partial charge < -0.3 is 4.74 Å². The highest BCUT2D eigenvalue weighted by Gasteiger charge is 2.10. The average Bonchev–Trinajstić information content (AvgIpc) is 2.20. The standard InChI is InChI=1S/C11H23ClO3S/c1-4-11(5-2)15-8-6-10(3)7-9-16(12,13)14/h10-11H,4-9H2,1-3H3. The third-order valence-electron chi connectivity index (χ3n) is 2.73. The van der Waals surface area contributed by atoms with Crippen molar-refractivity contribution in [3.05, 3.63) is 0 Å². The Morgan fingerprint density at radius 2 is 1.75 bits per heavy atom. The zero-order chi connectivity index (χ0) is 12.6. The summed E-state index contributed by atoms with van der Waals surface area (Å²) in [6, 6.07) is 0. The number of hydrogen-bond acceptors (Lipinski definition) is 3. The highest BCUT2D eigenvalue weighted by Crippen LogP contribution is 2.12. The Balaban J connectivity index is 3.61. The third kappa shape index (κ3) is 9.43. The summed E-state index contributed by atoms with van der Waals surface area (Å²) in [6.45, 7) is 6.95. The second kappa shape index (κ2) is 8.31. The van der Waals surface area contributed by atoms with Gasteiger partial charge >= 0.3 is 0 Å². The molecule has 0 aliphatic rings. The van der Waals surface area contributed by atoms with E-state index < -0.39 is 9.05 Å². The van der Waals surface area contributed by atoms with Crippen molar-refractivity contribution >= 4 is 19.7 Å². The van der Waals surface area contributed by atoms with Gasteiger partial charge in [-0.3, -0.25) is 0 Å². The zero-order valence-electron chi connectivity index (χ0n) is 10.4. The maximum Gasteiger partial charge on any atom is 0.232 e. The van der Waals surface area contributed by atoms with Crippen molar-refractivity contribution in [1.82, 2.24) is 0 Å². The fourth-order valence-electron chi connectivity index (χ4n) is 1.45. The van der Waals surface area contributed by atoms with Crippen LogP contribution in [0.15, 0.2) is 0 Å². The number of halogens is 1. The molecule has 1 atom stereocenters. The topological polar surface area (TPSA) is 43.4 Å². The molecule has 0 aliphatic heterocycles. The Labute approximate surface area is 104 Å². The molecule has 0 fully saturated rings. The molecular weight excluding hydrogens is 248 g/mol. The first-order valence-corrected chi connectivity index (χ1v) is 8.40. The summed E-state index contributed by atoms with van der Waals surface area (Å²) in [7, 11) is 1.81. The molecule has 5 heteroatoms. The maximum atomic E-state index is 10.7. The van der Waals surface area contributed by atoms with Crippen LogP contribution >= 0.6 is 10.7 Å². The second-order valence-corrected chi connectivity index (χ2v) is 7.13. The van der Waals surface area contributed by atoms with E-state index in [-0.39, 0.29) is 5.75 Å². The van der Waals surface area contributed by atoms with E-state index in [1.807, 2.05) is 6.92 Å². The molecule has 0 saturated carbocycles. The summed E-state index contributed by atoms with van der Waals surface area (Å²) < 4.78 is 27.1. The van der Waals surface area contributed by atoms with Gasteiger partial charge in [0.15, 0.2) is 0 Å². The van der Waals surface area contributed by atoms with E-state index >= 15 is 0 Å². The molecule has 0 heterocycles. The molecule has 98 valence electrons. The van der Waals surface area contributed by atoms with Gasteiger partial charge in [0.25, 0.3) is 0 Å². The smallest absolute Gasteiger partial charge is 0.232 e. The second-order valence-electron chi connectivity index (χ2n) is 4.23. The van der Waals surface area contributed by atoms with Crippen LogP contribution in [0.5, 0.6) is 0 Å². The van der Waals surface area contributed by atoms with Crippen LogP contribution in [0, 0.1) is 5.92 Å². The van der Waals surface area contributed by atoms with Gasteiger partial charge in [-0.25, -0.2) is 8.42 Å². The summed E-state index contributed by atoms with van der Waals surface area (Å²) in [5.74, 6) is 0.392. The van der Waals surface area contributed by atoms with E-state index in [9.17, 15) is 8.42 Å². The van der Waals surface area contributed by atoms with Gasteiger partial charge in [0, 0.05) is 17.3 Å². The monoisotopic (exact) mass is 270 g/mol. The van der Waals surface area contributed by atoms with Crippen LogP contribution in [0.2, 0.25) is 0 Å². The lowest BCUT2D eigenvalue weighted by atomic mass is 10.1. The first kappa shape index (κ1) is 16.2. The summed E-state index contributed by atoms with van der Waals surface area (Å²) in [5.41, 5.74) is 0. The van der Waals surface area contributed by atoms with E-state index in [4.69, 9.17) is 15.4 Å². The molecule has 0 radical (unpaired) electrons. The maximum absolute atomic E-state index is 10.7. The van der Waals surface area contributed by atoms with Gasteiger partial charge in [0.2, 0.25) is 9.05 Å². The summed E-state index contributed by atoms with van der Waals surface area (Å²) in [4.78, 5) is 0. The van der Waals surface area contributed by atoms with Crippen molar-refractivity contribution in [2.24, 2.45) is 5.92 Å². The Morgan fingerprint density at radius 1 is 1.19 bits per heavy atom. The molecule has 0 aromatic heterocycles. The van der Waals surface area contributed by atoms with E-state index in [0.717, 1.165) is 19.3 Å². The molecule has 1 unspecified atom stereocenters. The molecule has 0 aromatic carbocycles. The minimum absolute atomic E-state index is 0.0563. The van der Waals surface area contributed by atoms with Crippen LogP contribution in [0.25, 0.3) is 0 Å². The van der Waals surface area contributed by atoms with Crippen molar-refractivity contribution in [3.8, 4) is 0 Å². The predicted molar refractivity (Wildman–Crippen MR) is 68.4 cm³/mol. The van der Waals surface area contributed by atoms with Crippen molar-refractivity contribution in [1.29, 1.82) is 0 Å². The van der Waals surface area contributed by atoms with Crippen LogP contribution in [0.1, 0.15) is 46.5 Å². The molecular formula is C11H23ClO3S. The first-order chi connectivity index (χ1) is 7.39. The van der Waals surface area contributed by atoms with Gasteiger partial charge in [0.1, 0.15) is 0 Å². The Morgan fingerprint density at radius 3 is 2.19 bits per heavy atom. The number of rotatable bonds is 9. The molecule has 3 nitrogen and oxygen atoms in total. The molecule has 0 rings (SSSR count). The quantitative estimate of drug-likeness (QED) is 0.605. The van der Waals surface area contributed by atoms with Crippen LogP contribution in [-0.2, 0) is 13.8 Å². The van der Waals surface area contributed by atoms with Gasteiger partial charge in [-0.15, -0.1) is 0 Å². The highest BCUT2D eigenvalue weighted by atomic mass is 35.7. The Bertz CT molecular complexity index is 260. The number of ether oxygens (including phenoxy) is 1. The fraction of sp³-hybridized carbons (Fsp3) is 1.00. The lowest BCUT2D eigenvalue weighted by Gasteiger charge is -2.16. The normalized spacial score (nSPS) is 14.3. The SMILES string of the molecule is CCC(CC)OCCC(C)CCS(=O)(=O)Cl.